The Morgan fingerprint density at radius 1 is 1.36 bits per heavy atom. The molecule has 3 N–H and O–H groups in total. The Balaban J connectivity index is 1.81. The molecule has 9 nitrogen and oxygen atoms in total. The topological polar surface area (TPSA) is 122 Å². The number of anilines is 1. The maximum Gasteiger partial charge on any atom is 0.319 e. The van der Waals surface area contributed by atoms with Gasteiger partial charge in [-0.3, -0.25) is 4.79 Å². The maximum absolute atomic E-state index is 12.6. The fourth-order valence-corrected chi connectivity index (χ4v) is 3.19. The summed E-state index contributed by atoms with van der Waals surface area (Å²) in [6, 6.07) is 5.57. The Morgan fingerprint density at radius 3 is 2.71 bits per heavy atom. The first-order valence-electron chi connectivity index (χ1n) is 9.37. The van der Waals surface area contributed by atoms with E-state index in [1.54, 1.807) is 13.8 Å². The number of aliphatic carboxylic acids is 1. The Kier molecular flexibility index (Phi) is 5.35. The predicted octanol–water partition coefficient (Wildman–Crippen LogP) is 2.99. The van der Waals surface area contributed by atoms with Crippen LogP contribution in [0.25, 0.3) is 11.4 Å². The fourth-order valence-electron chi connectivity index (χ4n) is 3.19. The van der Waals surface area contributed by atoms with E-state index < -0.39 is 17.5 Å². The number of aromatic nitrogens is 4. The number of tetrazole rings is 1. The van der Waals surface area contributed by atoms with Gasteiger partial charge in [0, 0.05) is 17.5 Å². The van der Waals surface area contributed by atoms with E-state index in [0.29, 0.717) is 23.9 Å². The van der Waals surface area contributed by atoms with Gasteiger partial charge in [-0.1, -0.05) is 19.1 Å². The molecule has 1 aliphatic carbocycles. The molecule has 1 aliphatic rings. The van der Waals surface area contributed by atoms with Gasteiger partial charge in [0.1, 0.15) is 0 Å². The summed E-state index contributed by atoms with van der Waals surface area (Å²) in [4.78, 5) is 23.4. The summed E-state index contributed by atoms with van der Waals surface area (Å²) in [6.45, 7) is 7.65. The molecule has 0 unspecified atom stereocenters. The number of benzene rings is 1. The standard InChI is InChI=1S/C19H26N6O3/c1-11-6-5-7-13(17-22-23-24-25(17)14-10-12(14)2)16(11)20-18(28)21-19(3,4)9-8-15(26)27/h5-7,12,14H,8-10H2,1-4H3,(H,26,27)(H2,20,21,28)/t12-,14-/m1/s1. The molecule has 1 fully saturated rings. The number of carbonyl (C=O) groups is 2. The lowest BCUT2D eigenvalue weighted by molar-refractivity contribution is -0.137. The van der Waals surface area contributed by atoms with Crippen LogP contribution in [0.3, 0.4) is 0 Å². The zero-order valence-corrected chi connectivity index (χ0v) is 16.6. The Morgan fingerprint density at radius 2 is 2.07 bits per heavy atom. The highest BCUT2D eigenvalue weighted by Gasteiger charge is 2.38. The first kappa shape index (κ1) is 19.8. The van der Waals surface area contributed by atoms with Crippen molar-refractivity contribution in [1.29, 1.82) is 0 Å². The molecule has 9 heteroatoms. The van der Waals surface area contributed by atoms with Crippen molar-refractivity contribution in [1.82, 2.24) is 25.5 Å². The monoisotopic (exact) mass is 386 g/mol. The number of nitrogens with zero attached hydrogens (tertiary/aromatic N) is 4. The van der Waals surface area contributed by atoms with Gasteiger partial charge < -0.3 is 15.7 Å². The normalized spacial score (nSPS) is 18.6. The number of aryl methyl sites for hydroxylation is 1. The molecule has 1 aromatic carbocycles. The van der Waals surface area contributed by atoms with Gasteiger partial charge in [0.05, 0.1) is 11.7 Å². The SMILES string of the molecule is Cc1cccc(-c2nnnn2[C@@H]2C[C@H]2C)c1NC(=O)NC(C)(C)CCC(=O)O. The number of nitrogens with one attached hydrogen (secondary N) is 2. The van der Waals surface area contributed by atoms with Crippen molar-refractivity contribution in [2.24, 2.45) is 5.92 Å². The van der Waals surface area contributed by atoms with Crippen molar-refractivity contribution in [3.05, 3.63) is 23.8 Å². The van der Waals surface area contributed by atoms with E-state index in [2.05, 4.69) is 33.1 Å². The molecule has 2 amide bonds. The third kappa shape index (κ3) is 4.47. The number of urea groups is 1. The molecule has 3 rings (SSSR count). The average Bonchev–Trinajstić information content (AvgIpc) is 3.13. The van der Waals surface area contributed by atoms with Crippen LogP contribution in [0.2, 0.25) is 0 Å². The van der Waals surface area contributed by atoms with Gasteiger partial charge >= 0.3 is 12.0 Å². The summed E-state index contributed by atoms with van der Waals surface area (Å²) in [5, 5.41) is 26.7. The van der Waals surface area contributed by atoms with Crippen LogP contribution in [0.5, 0.6) is 0 Å². The number of hydrogen-bond acceptors (Lipinski definition) is 5. The summed E-state index contributed by atoms with van der Waals surface area (Å²) < 4.78 is 1.82. The summed E-state index contributed by atoms with van der Waals surface area (Å²) in [5.41, 5.74) is 1.62. The van der Waals surface area contributed by atoms with Gasteiger partial charge in [0.15, 0.2) is 5.82 Å². The minimum Gasteiger partial charge on any atom is -0.481 e. The van der Waals surface area contributed by atoms with Crippen molar-refractivity contribution in [2.75, 3.05) is 5.32 Å². The van der Waals surface area contributed by atoms with E-state index in [4.69, 9.17) is 5.11 Å². The molecule has 0 bridgehead atoms. The molecular formula is C19H26N6O3. The second-order valence-corrected chi connectivity index (χ2v) is 8.08. The number of carboxylic acids is 1. The fraction of sp³-hybridized carbons (Fsp3) is 0.526. The van der Waals surface area contributed by atoms with Crippen molar-refractivity contribution in [3.63, 3.8) is 0 Å². The van der Waals surface area contributed by atoms with Crippen molar-refractivity contribution in [3.8, 4) is 11.4 Å². The summed E-state index contributed by atoms with van der Waals surface area (Å²) in [5.74, 6) is 0.262. The number of carbonyl (C=O) groups excluding carboxylic acids is 1. The first-order valence-corrected chi connectivity index (χ1v) is 9.37. The number of rotatable bonds is 7. The van der Waals surface area contributed by atoms with Gasteiger partial charge in [-0.25, -0.2) is 9.48 Å². The van der Waals surface area contributed by atoms with E-state index in [1.807, 2.05) is 29.8 Å². The van der Waals surface area contributed by atoms with Crippen molar-refractivity contribution in [2.45, 2.75) is 58.5 Å². The molecule has 1 heterocycles. The van der Waals surface area contributed by atoms with Crippen LogP contribution in [-0.2, 0) is 4.79 Å². The van der Waals surface area contributed by atoms with Crippen LogP contribution >= 0.6 is 0 Å². The second kappa shape index (κ2) is 7.57. The molecule has 28 heavy (non-hydrogen) atoms. The number of hydrogen-bond donors (Lipinski definition) is 3. The second-order valence-electron chi connectivity index (χ2n) is 8.08. The summed E-state index contributed by atoms with van der Waals surface area (Å²) in [6.07, 6.45) is 1.34. The molecule has 0 radical (unpaired) electrons. The Bertz CT molecular complexity index is 892. The molecule has 0 spiro atoms. The molecule has 1 aromatic heterocycles. The minimum atomic E-state index is -0.891. The molecule has 0 saturated heterocycles. The predicted molar refractivity (Wildman–Crippen MR) is 104 cm³/mol. The van der Waals surface area contributed by atoms with Crippen LogP contribution in [0.4, 0.5) is 10.5 Å². The van der Waals surface area contributed by atoms with Crippen molar-refractivity contribution >= 4 is 17.7 Å². The zero-order valence-electron chi connectivity index (χ0n) is 16.6. The third-order valence-electron chi connectivity index (χ3n) is 5.04. The quantitative estimate of drug-likeness (QED) is 0.672. The highest BCUT2D eigenvalue weighted by molar-refractivity contribution is 5.95. The highest BCUT2D eigenvalue weighted by atomic mass is 16.4. The Labute approximate surface area is 163 Å². The summed E-state index contributed by atoms with van der Waals surface area (Å²) >= 11 is 0. The molecule has 150 valence electrons. The van der Waals surface area contributed by atoms with Gasteiger partial charge in [0.2, 0.25) is 0 Å². The van der Waals surface area contributed by atoms with Gasteiger partial charge in [-0.15, -0.1) is 5.10 Å². The van der Waals surface area contributed by atoms with E-state index in [-0.39, 0.29) is 12.5 Å². The molecule has 0 aliphatic heterocycles. The van der Waals surface area contributed by atoms with Gasteiger partial charge in [0.25, 0.3) is 0 Å². The smallest absolute Gasteiger partial charge is 0.319 e. The minimum absolute atomic E-state index is 0.0166. The molecule has 2 atom stereocenters. The lowest BCUT2D eigenvalue weighted by Crippen LogP contribution is -2.46. The average molecular weight is 386 g/mol. The molecule has 2 aromatic rings. The van der Waals surface area contributed by atoms with E-state index >= 15 is 0 Å². The summed E-state index contributed by atoms with van der Waals surface area (Å²) in [7, 11) is 0. The van der Waals surface area contributed by atoms with Crippen molar-refractivity contribution < 1.29 is 14.7 Å². The van der Waals surface area contributed by atoms with Crippen LogP contribution in [0.1, 0.15) is 51.6 Å². The maximum atomic E-state index is 12.6. The van der Waals surface area contributed by atoms with Gasteiger partial charge in [-0.2, -0.15) is 0 Å². The Hall–Kier alpha value is -2.97. The first-order chi connectivity index (χ1) is 13.2. The number of amides is 2. The lowest BCUT2D eigenvalue weighted by Gasteiger charge is -2.26. The van der Waals surface area contributed by atoms with Crippen LogP contribution in [0.15, 0.2) is 18.2 Å². The number of carboxylic acid groups (broad SMARTS) is 1. The van der Waals surface area contributed by atoms with Crippen LogP contribution < -0.4 is 10.6 Å². The van der Waals surface area contributed by atoms with Crippen LogP contribution in [-0.4, -0.2) is 42.9 Å². The number of para-hydroxylation sites is 1. The van der Waals surface area contributed by atoms with E-state index in [1.165, 1.54) is 0 Å². The largest absolute Gasteiger partial charge is 0.481 e. The van der Waals surface area contributed by atoms with Gasteiger partial charge in [-0.05, 0) is 61.6 Å². The van der Waals surface area contributed by atoms with Crippen LogP contribution in [0, 0.1) is 12.8 Å². The zero-order chi connectivity index (χ0) is 20.5. The van der Waals surface area contributed by atoms with E-state index in [9.17, 15) is 9.59 Å². The molecule has 1 saturated carbocycles. The van der Waals surface area contributed by atoms with E-state index in [0.717, 1.165) is 17.5 Å². The third-order valence-corrected chi connectivity index (χ3v) is 5.04. The lowest BCUT2D eigenvalue weighted by atomic mass is 9.99. The molecular weight excluding hydrogens is 360 g/mol. The highest BCUT2D eigenvalue weighted by Crippen LogP contribution is 2.44.